The van der Waals surface area contributed by atoms with Crippen LogP contribution in [0.15, 0.2) is 12.7 Å². The number of phosphoric ester groups is 2. The van der Waals surface area contributed by atoms with Crippen LogP contribution in [0.25, 0.3) is 11.2 Å². The van der Waals surface area contributed by atoms with Crippen molar-refractivity contribution in [1.29, 1.82) is 0 Å². The Morgan fingerprint density at radius 3 is 2.29 bits per heavy atom. The third kappa shape index (κ3) is 7.53. The van der Waals surface area contributed by atoms with Crippen molar-refractivity contribution in [2.45, 2.75) is 25.8 Å². The van der Waals surface area contributed by atoms with E-state index in [9.17, 15) is 9.13 Å². The number of unbranched alkanes of at least 4 members (excludes halogenated alkanes) is 1. The molecule has 0 saturated carbocycles. The highest BCUT2D eigenvalue weighted by molar-refractivity contribution is 7.46. The Kier molecular flexibility index (Phi) is 8.05. The predicted octanol–water partition coefficient (Wildman–Crippen LogP) is 0.873. The largest absolute Gasteiger partial charge is 0.469 e. The zero-order valence-electron chi connectivity index (χ0n) is 15.1. The van der Waals surface area contributed by atoms with E-state index in [0.29, 0.717) is 42.8 Å². The van der Waals surface area contributed by atoms with E-state index in [1.165, 1.54) is 6.33 Å². The van der Waals surface area contributed by atoms with Gasteiger partial charge in [0.2, 0.25) is 0 Å². The van der Waals surface area contributed by atoms with Gasteiger partial charge in [-0.15, -0.1) is 0 Å². The van der Waals surface area contributed by atoms with Crippen molar-refractivity contribution in [2.24, 2.45) is 5.92 Å². The molecule has 0 amide bonds. The molecule has 0 fully saturated rings. The second kappa shape index (κ2) is 9.86. The number of imidazole rings is 1. The van der Waals surface area contributed by atoms with Gasteiger partial charge in [-0.2, -0.15) is 0 Å². The number of hydrogen-bond acceptors (Lipinski definition) is 8. The van der Waals surface area contributed by atoms with Gasteiger partial charge in [0.1, 0.15) is 11.8 Å². The fraction of sp³-hybridized carbons (Fsp3) is 0.615. The Morgan fingerprint density at radius 1 is 1.07 bits per heavy atom. The fourth-order valence-electron chi connectivity index (χ4n) is 2.56. The van der Waals surface area contributed by atoms with E-state index in [4.69, 9.17) is 19.6 Å². The number of nitrogens with one attached hydrogen (secondary N) is 1. The summed E-state index contributed by atoms with van der Waals surface area (Å²) in [5.74, 6) is 0.0333. The Labute approximate surface area is 160 Å². The Bertz CT molecular complexity index is 840. The molecule has 0 spiro atoms. The molecular weight excluding hydrogens is 416 g/mol. The molecular formula is C13H23N5O8P2. The SMILES string of the molecule is CNc1ncnc2c1ncn2CCCCC(COP(=O)(O)O)COP(=O)(O)O. The van der Waals surface area contributed by atoms with E-state index in [-0.39, 0.29) is 13.2 Å². The zero-order chi connectivity index (χ0) is 20.8. The lowest BCUT2D eigenvalue weighted by atomic mass is 10.0. The number of aryl methyl sites for hydroxylation is 1. The summed E-state index contributed by atoms with van der Waals surface area (Å²) in [4.78, 5) is 47.8. The fourth-order valence-corrected chi connectivity index (χ4v) is 3.37. The monoisotopic (exact) mass is 439 g/mol. The standard InChI is InChI=1S/C13H23N5O8P2/c1-14-12-11-13(16-8-15-12)18(9-17-11)5-3-2-4-10(6-25-27(19,20)21)7-26-28(22,23)24/h8-10H,2-7H2,1H3,(H,14,15,16)(H2,19,20,21)(H2,22,23,24). The van der Waals surface area contributed by atoms with E-state index in [1.54, 1.807) is 13.4 Å². The molecule has 0 radical (unpaired) electrons. The maximum atomic E-state index is 10.8. The lowest BCUT2D eigenvalue weighted by Gasteiger charge is -2.17. The molecule has 0 aliphatic rings. The van der Waals surface area contributed by atoms with Gasteiger partial charge in [-0.1, -0.05) is 6.42 Å². The van der Waals surface area contributed by atoms with Gasteiger partial charge in [-0.25, -0.2) is 24.1 Å². The van der Waals surface area contributed by atoms with Crippen molar-refractivity contribution in [3.63, 3.8) is 0 Å². The van der Waals surface area contributed by atoms with Gasteiger partial charge in [0, 0.05) is 19.5 Å². The molecule has 158 valence electrons. The summed E-state index contributed by atoms with van der Waals surface area (Å²) in [6.45, 7) is -0.170. The first-order chi connectivity index (χ1) is 13.1. The molecule has 0 aliphatic heterocycles. The van der Waals surface area contributed by atoms with Gasteiger partial charge in [0.15, 0.2) is 11.5 Å². The van der Waals surface area contributed by atoms with Gasteiger partial charge in [-0.05, 0) is 12.8 Å². The maximum Gasteiger partial charge on any atom is 0.469 e. The lowest BCUT2D eigenvalue weighted by Crippen LogP contribution is -2.15. The first-order valence-corrected chi connectivity index (χ1v) is 11.4. The molecule has 13 nitrogen and oxygen atoms in total. The minimum Gasteiger partial charge on any atom is -0.371 e. The Morgan fingerprint density at radius 2 is 1.71 bits per heavy atom. The highest BCUT2D eigenvalue weighted by atomic mass is 31.2. The molecule has 0 bridgehead atoms. The molecule has 0 unspecified atom stereocenters. The van der Waals surface area contributed by atoms with Crippen LogP contribution in [-0.2, 0) is 24.7 Å². The minimum absolute atomic E-state index is 0.378. The summed E-state index contributed by atoms with van der Waals surface area (Å²) in [6.07, 6.45) is 4.74. The summed E-state index contributed by atoms with van der Waals surface area (Å²) >= 11 is 0. The first kappa shape index (κ1) is 22.9. The van der Waals surface area contributed by atoms with Crippen molar-refractivity contribution in [3.8, 4) is 0 Å². The molecule has 0 atom stereocenters. The number of hydrogen-bond donors (Lipinski definition) is 5. The molecule has 5 N–H and O–H groups in total. The molecule has 2 aromatic rings. The van der Waals surface area contributed by atoms with E-state index < -0.39 is 21.6 Å². The van der Waals surface area contributed by atoms with Crippen LogP contribution in [0.1, 0.15) is 19.3 Å². The maximum absolute atomic E-state index is 10.8. The van der Waals surface area contributed by atoms with E-state index in [0.717, 1.165) is 0 Å². The summed E-state index contributed by atoms with van der Waals surface area (Å²) in [6, 6.07) is 0. The van der Waals surface area contributed by atoms with Crippen LogP contribution < -0.4 is 5.32 Å². The highest BCUT2D eigenvalue weighted by Gasteiger charge is 2.22. The molecule has 15 heteroatoms. The Hall–Kier alpha value is -1.43. The average molecular weight is 439 g/mol. The summed E-state index contributed by atoms with van der Waals surface area (Å²) in [7, 11) is -7.62. The van der Waals surface area contributed by atoms with Crippen molar-refractivity contribution in [1.82, 2.24) is 19.5 Å². The van der Waals surface area contributed by atoms with Crippen molar-refractivity contribution >= 4 is 32.6 Å². The van der Waals surface area contributed by atoms with Gasteiger partial charge in [0.25, 0.3) is 0 Å². The van der Waals surface area contributed by atoms with Crippen LogP contribution in [0.5, 0.6) is 0 Å². The number of phosphoric acid groups is 2. The Balaban J connectivity index is 1.88. The van der Waals surface area contributed by atoms with Crippen molar-refractivity contribution < 1.29 is 37.8 Å². The van der Waals surface area contributed by atoms with Crippen LogP contribution in [0.3, 0.4) is 0 Å². The van der Waals surface area contributed by atoms with E-state index >= 15 is 0 Å². The second-order valence-corrected chi connectivity index (χ2v) is 8.50. The number of rotatable bonds is 12. The van der Waals surface area contributed by atoms with Crippen LogP contribution >= 0.6 is 15.6 Å². The third-order valence-electron chi connectivity index (χ3n) is 3.86. The van der Waals surface area contributed by atoms with Gasteiger partial charge in [0.05, 0.1) is 19.5 Å². The van der Waals surface area contributed by atoms with Crippen molar-refractivity contribution in [2.75, 3.05) is 25.6 Å². The van der Waals surface area contributed by atoms with E-state index in [2.05, 4.69) is 29.3 Å². The normalized spacial score (nSPS) is 12.8. The first-order valence-electron chi connectivity index (χ1n) is 8.33. The minimum atomic E-state index is -4.68. The number of nitrogens with zero attached hydrogens (tertiary/aromatic N) is 4. The second-order valence-electron chi connectivity index (χ2n) is 6.02. The molecule has 0 aromatic carbocycles. The number of fused-ring (bicyclic) bond motifs is 1. The van der Waals surface area contributed by atoms with Gasteiger partial charge in [-0.3, -0.25) is 9.05 Å². The van der Waals surface area contributed by atoms with Crippen LogP contribution in [0.2, 0.25) is 0 Å². The third-order valence-corrected chi connectivity index (χ3v) is 4.83. The smallest absolute Gasteiger partial charge is 0.371 e. The topological polar surface area (TPSA) is 189 Å². The lowest BCUT2D eigenvalue weighted by molar-refractivity contribution is 0.112. The molecule has 28 heavy (non-hydrogen) atoms. The molecule has 2 aromatic heterocycles. The molecule has 0 saturated heterocycles. The molecule has 2 heterocycles. The summed E-state index contributed by atoms with van der Waals surface area (Å²) < 4.78 is 32.4. The van der Waals surface area contributed by atoms with Crippen LogP contribution in [0, 0.1) is 5.92 Å². The average Bonchev–Trinajstić information content (AvgIpc) is 3.01. The van der Waals surface area contributed by atoms with Gasteiger partial charge < -0.3 is 29.5 Å². The van der Waals surface area contributed by atoms with Crippen molar-refractivity contribution in [3.05, 3.63) is 12.7 Å². The number of aromatic nitrogens is 4. The quantitative estimate of drug-likeness (QED) is 0.232. The van der Waals surface area contributed by atoms with E-state index in [1.807, 2.05) is 4.57 Å². The summed E-state index contributed by atoms with van der Waals surface area (Å²) in [5, 5.41) is 2.94. The van der Waals surface area contributed by atoms with Crippen LogP contribution in [0.4, 0.5) is 5.82 Å². The predicted molar refractivity (Wildman–Crippen MR) is 98.2 cm³/mol. The summed E-state index contributed by atoms with van der Waals surface area (Å²) in [5.41, 5.74) is 1.32. The highest BCUT2D eigenvalue weighted by Crippen LogP contribution is 2.39. The number of anilines is 1. The van der Waals surface area contributed by atoms with Crippen LogP contribution in [-0.4, -0.2) is 59.4 Å². The van der Waals surface area contributed by atoms with Gasteiger partial charge >= 0.3 is 15.6 Å². The molecule has 2 rings (SSSR count). The zero-order valence-corrected chi connectivity index (χ0v) is 16.9. The molecule has 0 aliphatic carbocycles.